The summed E-state index contributed by atoms with van der Waals surface area (Å²) >= 11 is 0. The predicted molar refractivity (Wildman–Crippen MR) is 105 cm³/mol. The Morgan fingerprint density at radius 3 is 2.43 bits per heavy atom. The molecule has 0 aliphatic heterocycles. The lowest BCUT2D eigenvalue weighted by Crippen LogP contribution is -2.06. The van der Waals surface area contributed by atoms with Crippen molar-refractivity contribution in [2.45, 2.75) is 19.8 Å². The van der Waals surface area contributed by atoms with Crippen molar-refractivity contribution in [2.75, 3.05) is 24.7 Å². The lowest BCUT2D eigenvalue weighted by molar-refractivity contribution is 0.103. The molecule has 0 bridgehead atoms. The van der Waals surface area contributed by atoms with Crippen LogP contribution in [-0.2, 0) is 6.42 Å². The number of nitrogens with two attached hydrogens (primary N) is 2. The molecule has 1 aromatic heterocycles. The van der Waals surface area contributed by atoms with E-state index in [9.17, 15) is 15.0 Å². The van der Waals surface area contributed by atoms with Gasteiger partial charge in [-0.05, 0) is 18.2 Å². The number of fused-ring (bicyclic) bond motifs is 1. The van der Waals surface area contributed by atoms with Crippen LogP contribution in [0.25, 0.3) is 11.0 Å². The predicted octanol–water partition coefficient (Wildman–Crippen LogP) is 2.56. The molecule has 2 aromatic carbocycles. The minimum atomic E-state index is -0.387. The number of ether oxygens (including phenoxy) is 1. The van der Waals surface area contributed by atoms with Crippen LogP contribution in [0.5, 0.6) is 17.2 Å². The molecule has 0 unspecified atom stereocenters. The van der Waals surface area contributed by atoms with Crippen molar-refractivity contribution in [3.05, 3.63) is 41.2 Å². The van der Waals surface area contributed by atoms with E-state index in [1.807, 2.05) is 6.92 Å². The van der Waals surface area contributed by atoms with E-state index in [1.54, 1.807) is 0 Å². The third-order valence-corrected chi connectivity index (χ3v) is 4.38. The number of aromatic hydroxyl groups is 2. The van der Waals surface area contributed by atoms with Crippen molar-refractivity contribution >= 4 is 28.1 Å². The number of hydrogen-bond acceptors (Lipinski definition) is 8. The quantitative estimate of drug-likeness (QED) is 0.180. The van der Waals surface area contributed by atoms with E-state index >= 15 is 0 Å². The van der Waals surface area contributed by atoms with Crippen molar-refractivity contribution in [1.29, 1.82) is 0 Å². The Balaban J connectivity index is 2.09. The van der Waals surface area contributed by atoms with Crippen LogP contribution < -0.4 is 16.2 Å². The Morgan fingerprint density at radius 2 is 1.82 bits per heavy atom. The molecule has 28 heavy (non-hydrogen) atoms. The number of aryl methyl sites for hydroxylation is 1. The van der Waals surface area contributed by atoms with Gasteiger partial charge in [0.25, 0.3) is 0 Å². The van der Waals surface area contributed by atoms with E-state index in [0.717, 1.165) is 0 Å². The van der Waals surface area contributed by atoms with Gasteiger partial charge in [-0.2, -0.15) is 0 Å². The molecule has 7 N–H and O–H groups in total. The molecule has 1 heterocycles. The smallest absolute Gasteiger partial charge is 0.197 e. The van der Waals surface area contributed by atoms with Gasteiger partial charge >= 0.3 is 0 Å². The first-order valence-corrected chi connectivity index (χ1v) is 8.82. The van der Waals surface area contributed by atoms with Gasteiger partial charge in [-0.3, -0.25) is 4.79 Å². The zero-order valence-corrected chi connectivity index (χ0v) is 15.4. The summed E-state index contributed by atoms with van der Waals surface area (Å²) in [5.41, 5.74) is 12.3. The maximum Gasteiger partial charge on any atom is 0.197 e. The molecule has 0 radical (unpaired) electrons. The summed E-state index contributed by atoms with van der Waals surface area (Å²) in [6.45, 7) is 2.04. The molecule has 0 aliphatic carbocycles. The molecule has 0 aliphatic rings. The van der Waals surface area contributed by atoms with Crippen molar-refractivity contribution in [1.82, 2.24) is 0 Å². The van der Waals surface area contributed by atoms with E-state index in [1.165, 1.54) is 24.3 Å². The lowest BCUT2D eigenvalue weighted by atomic mass is 9.98. The summed E-state index contributed by atoms with van der Waals surface area (Å²) in [6.07, 6.45) is 0.865. The number of anilines is 2. The summed E-state index contributed by atoms with van der Waals surface area (Å²) in [6, 6.07) is 5.61. The van der Waals surface area contributed by atoms with Gasteiger partial charge in [0, 0.05) is 36.5 Å². The molecule has 0 saturated heterocycles. The standard InChI is InChI=1S/C20H22N2O6/c1-2-15-18(19(25)10-6-12(21)20(26)13(22)7-10)11-8-14(24)17(9-16(11)28-15)27-5-3-4-23/h6-9,23-24,26H,2-5,21-22H2,1H3. The monoisotopic (exact) mass is 386 g/mol. The number of ketones is 1. The van der Waals surface area contributed by atoms with Crippen molar-refractivity contribution < 1.29 is 29.3 Å². The molecule has 0 saturated carbocycles. The summed E-state index contributed by atoms with van der Waals surface area (Å²) in [7, 11) is 0. The molecular formula is C20H22N2O6. The third-order valence-electron chi connectivity index (χ3n) is 4.38. The second kappa shape index (κ2) is 7.69. The summed E-state index contributed by atoms with van der Waals surface area (Å²) in [4.78, 5) is 13.1. The van der Waals surface area contributed by atoms with Gasteiger partial charge in [0.1, 0.15) is 11.3 Å². The lowest BCUT2D eigenvalue weighted by Gasteiger charge is -2.08. The molecule has 8 nitrogen and oxygen atoms in total. The topological polar surface area (TPSA) is 152 Å². The first kappa shape index (κ1) is 19.4. The van der Waals surface area contributed by atoms with Crippen LogP contribution in [0.2, 0.25) is 0 Å². The Hall–Kier alpha value is -3.39. The molecule has 3 aromatic rings. The zero-order chi connectivity index (χ0) is 20.4. The van der Waals surface area contributed by atoms with Gasteiger partial charge in [-0.25, -0.2) is 0 Å². The number of hydrogen-bond donors (Lipinski definition) is 5. The van der Waals surface area contributed by atoms with Crippen molar-refractivity contribution in [3.63, 3.8) is 0 Å². The molecule has 148 valence electrons. The zero-order valence-electron chi connectivity index (χ0n) is 15.4. The maximum atomic E-state index is 13.1. The molecular weight excluding hydrogens is 364 g/mol. The molecule has 3 rings (SSSR count). The Morgan fingerprint density at radius 1 is 1.14 bits per heavy atom. The summed E-state index contributed by atoms with van der Waals surface area (Å²) in [5.74, 6) is -0.159. The first-order valence-electron chi connectivity index (χ1n) is 8.82. The summed E-state index contributed by atoms with van der Waals surface area (Å²) in [5, 5.41) is 29.3. The number of carbonyl (C=O) groups is 1. The number of aliphatic hydroxyl groups is 1. The van der Waals surface area contributed by atoms with Crippen LogP contribution >= 0.6 is 0 Å². The Kier molecular flexibility index (Phi) is 5.32. The number of rotatable bonds is 7. The fourth-order valence-corrected chi connectivity index (χ4v) is 2.98. The SMILES string of the molecule is CCc1oc2cc(OCCCO)c(O)cc2c1C(=O)c1cc(N)c(O)c(N)c1. The number of furan rings is 1. The Labute approximate surface area is 160 Å². The van der Waals surface area contributed by atoms with Crippen LogP contribution in [-0.4, -0.2) is 34.3 Å². The van der Waals surface area contributed by atoms with Crippen LogP contribution in [0, 0.1) is 0 Å². The molecule has 0 amide bonds. The highest BCUT2D eigenvalue weighted by Gasteiger charge is 2.24. The second-order valence-electron chi connectivity index (χ2n) is 6.33. The largest absolute Gasteiger partial charge is 0.504 e. The number of phenolic OH excluding ortho intramolecular Hbond substituents is 2. The van der Waals surface area contributed by atoms with Gasteiger partial charge < -0.3 is 35.9 Å². The van der Waals surface area contributed by atoms with Gasteiger partial charge in [-0.1, -0.05) is 6.92 Å². The normalized spacial score (nSPS) is 11.1. The van der Waals surface area contributed by atoms with E-state index in [0.29, 0.717) is 35.1 Å². The van der Waals surface area contributed by atoms with E-state index in [2.05, 4.69) is 0 Å². The van der Waals surface area contributed by atoms with Gasteiger partial charge in [0.2, 0.25) is 0 Å². The second-order valence-corrected chi connectivity index (χ2v) is 6.33. The average molecular weight is 386 g/mol. The number of phenols is 2. The van der Waals surface area contributed by atoms with Gasteiger partial charge in [-0.15, -0.1) is 0 Å². The van der Waals surface area contributed by atoms with Crippen LogP contribution in [0.15, 0.2) is 28.7 Å². The van der Waals surface area contributed by atoms with Gasteiger partial charge in [0.05, 0.1) is 23.5 Å². The van der Waals surface area contributed by atoms with E-state index in [4.69, 9.17) is 25.7 Å². The maximum absolute atomic E-state index is 13.1. The number of carbonyl (C=O) groups excluding carboxylic acids is 1. The minimum absolute atomic E-state index is 0.00313. The number of benzene rings is 2. The summed E-state index contributed by atoms with van der Waals surface area (Å²) < 4.78 is 11.2. The highest BCUT2D eigenvalue weighted by atomic mass is 16.5. The fourth-order valence-electron chi connectivity index (χ4n) is 2.98. The third kappa shape index (κ3) is 3.41. The van der Waals surface area contributed by atoms with Crippen LogP contribution in [0.3, 0.4) is 0 Å². The van der Waals surface area contributed by atoms with E-state index in [-0.39, 0.29) is 53.2 Å². The highest BCUT2D eigenvalue weighted by molar-refractivity contribution is 6.18. The van der Waals surface area contributed by atoms with Crippen LogP contribution in [0.4, 0.5) is 11.4 Å². The molecule has 8 heteroatoms. The average Bonchev–Trinajstić information content (AvgIpc) is 3.02. The Bertz CT molecular complexity index is 1020. The van der Waals surface area contributed by atoms with E-state index < -0.39 is 0 Å². The van der Waals surface area contributed by atoms with Crippen molar-refractivity contribution in [3.8, 4) is 17.2 Å². The molecule has 0 fully saturated rings. The van der Waals surface area contributed by atoms with Crippen molar-refractivity contribution in [2.24, 2.45) is 0 Å². The fraction of sp³-hybridized carbons (Fsp3) is 0.250. The van der Waals surface area contributed by atoms with Gasteiger partial charge in [0.15, 0.2) is 23.0 Å². The number of nitrogen functional groups attached to an aromatic ring is 2. The number of aliphatic hydroxyl groups excluding tert-OH is 1. The molecule has 0 spiro atoms. The van der Waals surface area contributed by atoms with Crippen LogP contribution in [0.1, 0.15) is 35.0 Å². The minimum Gasteiger partial charge on any atom is -0.504 e. The molecule has 0 atom stereocenters. The first-order chi connectivity index (χ1) is 13.4. The highest BCUT2D eigenvalue weighted by Crippen LogP contribution is 2.38.